The number of fused-ring (bicyclic) bond motifs is 1. The molecule has 0 bridgehead atoms. The number of nitrogens with one attached hydrogen (secondary N) is 2. The van der Waals surface area contributed by atoms with Gasteiger partial charge in [-0.2, -0.15) is 0 Å². The van der Waals surface area contributed by atoms with Gasteiger partial charge in [-0.1, -0.05) is 53.3 Å². The van der Waals surface area contributed by atoms with E-state index < -0.39 is 0 Å². The van der Waals surface area contributed by atoms with Gasteiger partial charge in [0.05, 0.1) is 5.69 Å². The lowest BCUT2D eigenvalue weighted by molar-refractivity contribution is 0.103. The lowest BCUT2D eigenvalue weighted by Crippen LogP contribution is -2.16. The Bertz CT molecular complexity index is 1130. The van der Waals surface area contributed by atoms with E-state index in [-0.39, 0.29) is 5.91 Å². The maximum absolute atomic E-state index is 12.9. The van der Waals surface area contributed by atoms with Gasteiger partial charge >= 0.3 is 0 Å². The van der Waals surface area contributed by atoms with E-state index in [4.69, 9.17) is 17.3 Å². The van der Waals surface area contributed by atoms with E-state index >= 15 is 0 Å². The molecule has 0 aliphatic rings. The minimum atomic E-state index is -0.283. The third-order valence-corrected chi connectivity index (χ3v) is 6.04. The number of halogens is 1. The van der Waals surface area contributed by atoms with Crippen LogP contribution in [0.1, 0.15) is 9.67 Å². The number of nitrogens with zero attached hydrogens (tertiary/aromatic N) is 3. The molecule has 1 amide bonds. The minimum Gasteiger partial charge on any atom is -0.382 e. The molecule has 0 saturated carbocycles. The maximum atomic E-state index is 12.9. The standard InChI is InChI=1S/C18H15ClN6OS2/c19-12-7-6-11-13(21-9-8-20)14(27-17(11)22-12)15(26)23-18-25-24-16(28-18)10-4-2-1-3-5-10/h1-7,21H,8-9,20H2,(H,23,25,26). The Hall–Kier alpha value is -2.59. The molecule has 4 rings (SSSR count). The first-order valence-corrected chi connectivity index (χ1v) is 10.4. The van der Waals surface area contributed by atoms with Crippen LogP contribution in [-0.4, -0.2) is 34.2 Å². The van der Waals surface area contributed by atoms with Crippen LogP contribution in [0.3, 0.4) is 0 Å². The summed E-state index contributed by atoms with van der Waals surface area (Å²) in [6, 6.07) is 13.2. The number of hydrogen-bond donors (Lipinski definition) is 3. The van der Waals surface area contributed by atoms with Crippen molar-refractivity contribution in [3.05, 3.63) is 52.5 Å². The zero-order valence-electron chi connectivity index (χ0n) is 14.5. The summed E-state index contributed by atoms with van der Waals surface area (Å²) >= 11 is 8.57. The molecule has 3 aromatic heterocycles. The molecule has 7 nitrogen and oxygen atoms in total. The van der Waals surface area contributed by atoms with Crippen LogP contribution in [0.15, 0.2) is 42.5 Å². The molecule has 3 heterocycles. The summed E-state index contributed by atoms with van der Waals surface area (Å²) in [4.78, 5) is 18.4. The lowest BCUT2D eigenvalue weighted by atomic mass is 10.2. The summed E-state index contributed by atoms with van der Waals surface area (Å²) in [5.41, 5.74) is 7.25. The fourth-order valence-electron chi connectivity index (χ4n) is 2.61. The number of thiophene rings is 1. The van der Waals surface area contributed by atoms with Gasteiger partial charge in [0.15, 0.2) is 0 Å². The summed E-state index contributed by atoms with van der Waals surface area (Å²) < 4.78 is 0. The van der Waals surface area contributed by atoms with Gasteiger partial charge in [-0.15, -0.1) is 21.5 Å². The molecule has 10 heteroatoms. The van der Waals surface area contributed by atoms with Gasteiger partial charge in [0.25, 0.3) is 5.91 Å². The van der Waals surface area contributed by atoms with Gasteiger partial charge in [0, 0.05) is 24.0 Å². The van der Waals surface area contributed by atoms with E-state index in [9.17, 15) is 4.79 Å². The molecule has 4 aromatic rings. The van der Waals surface area contributed by atoms with Gasteiger partial charge in [-0.25, -0.2) is 4.98 Å². The van der Waals surface area contributed by atoms with Gasteiger partial charge in [-0.05, 0) is 12.1 Å². The largest absolute Gasteiger partial charge is 0.382 e. The Balaban J connectivity index is 1.63. The van der Waals surface area contributed by atoms with Crippen LogP contribution in [0.2, 0.25) is 5.15 Å². The van der Waals surface area contributed by atoms with E-state index in [1.807, 2.05) is 36.4 Å². The van der Waals surface area contributed by atoms with Gasteiger partial charge in [0.1, 0.15) is 19.9 Å². The number of pyridine rings is 1. The monoisotopic (exact) mass is 430 g/mol. The van der Waals surface area contributed by atoms with Crippen LogP contribution in [0.4, 0.5) is 10.8 Å². The van der Waals surface area contributed by atoms with Gasteiger partial charge in [-0.3, -0.25) is 10.1 Å². The first-order chi connectivity index (χ1) is 13.7. The molecule has 0 unspecified atom stereocenters. The summed E-state index contributed by atoms with van der Waals surface area (Å²) in [5.74, 6) is -0.283. The Morgan fingerprint density at radius 2 is 1.93 bits per heavy atom. The van der Waals surface area contributed by atoms with Crippen molar-refractivity contribution in [1.82, 2.24) is 15.2 Å². The number of hydrogen-bond acceptors (Lipinski definition) is 8. The number of nitrogens with two attached hydrogens (primary N) is 1. The topological polar surface area (TPSA) is 106 Å². The van der Waals surface area contributed by atoms with Crippen LogP contribution in [0.25, 0.3) is 20.8 Å². The van der Waals surface area contributed by atoms with Crippen molar-refractivity contribution in [2.75, 3.05) is 23.7 Å². The number of aromatic nitrogens is 3. The van der Waals surface area contributed by atoms with Crippen LogP contribution in [0, 0.1) is 0 Å². The van der Waals surface area contributed by atoms with Gasteiger partial charge in [0.2, 0.25) is 5.13 Å². The maximum Gasteiger partial charge on any atom is 0.269 e. The number of amides is 1. The summed E-state index contributed by atoms with van der Waals surface area (Å²) in [6.07, 6.45) is 0. The number of carbonyl (C=O) groups is 1. The molecule has 0 aliphatic carbocycles. The molecule has 0 saturated heterocycles. The minimum absolute atomic E-state index is 0.283. The van der Waals surface area contributed by atoms with Crippen molar-refractivity contribution < 1.29 is 4.79 Å². The average Bonchev–Trinajstić information content (AvgIpc) is 3.31. The second-order valence-corrected chi connectivity index (χ2v) is 8.10. The second-order valence-electron chi connectivity index (χ2n) is 5.74. The zero-order valence-corrected chi connectivity index (χ0v) is 16.9. The molecule has 4 N–H and O–H groups in total. The normalized spacial score (nSPS) is 10.9. The third-order valence-electron chi connectivity index (χ3n) is 3.84. The van der Waals surface area contributed by atoms with E-state index in [0.29, 0.717) is 38.8 Å². The van der Waals surface area contributed by atoms with E-state index in [1.54, 1.807) is 6.07 Å². The van der Waals surface area contributed by atoms with Crippen LogP contribution < -0.4 is 16.4 Å². The summed E-state index contributed by atoms with van der Waals surface area (Å²) in [5, 5.41) is 16.6. The van der Waals surface area contributed by atoms with Crippen molar-refractivity contribution in [2.45, 2.75) is 0 Å². The Kier molecular flexibility index (Phi) is 5.49. The number of benzene rings is 1. The van der Waals surface area contributed by atoms with Crippen molar-refractivity contribution >= 4 is 61.2 Å². The molecule has 142 valence electrons. The highest BCUT2D eigenvalue weighted by molar-refractivity contribution is 7.21. The Morgan fingerprint density at radius 1 is 1.11 bits per heavy atom. The first-order valence-electron chi connectivity index (χ1n) is 8.39. The van der Waals surface area contributed by atoms with Crippen molar-refractivity contribution in [1.29, 1.82) is 0 Å². The smallest absolute Gasteiger partial charge is 0.269 e. The van der Waals surface area contributed by atoms with Crippen LogP contribution in [0.5, 0.6) is 0 Å². The van der Waals surface area contributed by atoms with Crippen molar-refractivity contribution in [2.24, 2.45) is 5.73 Å². The molecular formula is C18H15ClN6OS2. The van der Waals surface area contributed by atoms with Crippen LogP contribution >= 0.6 is 34.3 Å². The number of anilines is 2. The fourth-order valence-corrected chi connectivity index (χ4v) is 4.60. The second kappa shape index (κ2) is 8.19. The third kappa shape index (κ3) is 3.83. The van der Waals surface area contributed by atoms with E-state index in [0.717, 1.165) is 16.0 Å². The molecule has 1 aromatic carbocycles. The van der Waals surface area contributed by atoms with E-state index in [2.05, 4.69) is 25.8 Å². The fraction of sp³-hybridized carbons (Fsp3) is 0.111. The summed E-state index contributed by atoms with van der Waals surface area (Å²) in [7, 11) is 0. The molecule has 0 radical (unpaired) electrons. The molecule has 0 atom stereocenters. The average molecular weight is 431 g/mol. The number of rotatable bonds is 6. The Morgan fingerprint density at radius 3 is 2.71 bits per heavy atom. The predicted octanol–water partition coefficient (Wildman–Crippen LogP) is 4.09. The first kappa shape index (κ1) is 18.8. The van der Waals surface area contributed by atoms with E-state index in [1.165, 1.54) is 22.7 Å². The predicted molar refractivity (Wildman–Crippen MR) is 115 cm³/mol. The lowest BCUT2D eigenvalue weighted by Gasteiger charge is -2.06. The molecule has 0 fully saturated rings. The molecule has 28 heavy (non-hydrogen) atoms. The Labute approximate surface area is 173 Å². The highest BCUT2D eigenvalue weighted by Gasteiger charge is 2.21. The van der Waals surface area contributed by atoms with Crippen molar-refractivity contribution in [3.63, 3.8) is 0 Å². The van der Waals surface area contributed by atoms with Crippen molar-refractivity contribution in [3.8, 4) is 10.6 Å². The number of carbonyl (C=O) groups excluding carboxylic acids is 1. The highest BCUT2D eigenvalue weighted by atomic mass is 35.5. The SMILES string of the molecule is NCCNc1c(C(=O)Nc2nnc(-c3ccccc3)s2)sc2nc(Cl)ccc12. The quantitative estimate of drug-likeness (QED) is 0.398. The van der Waals surface area contributed by atoms with Crippen LogP contribution in [-0.2, 0) is 0 Å². The highest BCUT2D eigenvalue weighted by Crippen LogP contribution is 2.36. The molecule has 0 aliphatic heterocycles. The molecule has 0 spiro atoms. The molecular weight excluding hydrogens is 416 g/mol. The van der Waals surface area contributed by atoms with Gasteiger partial charge < -0.3 is 11.1 Å². The zero-order chi connectivity index (χ0) is 19.5. The summed E-state index contributed by atoms with van der Waals surface area (Å²) in [6.45, 7) is 0.974.